The van der Waals surface area contributed by atoms with E-state index in [9.17, 15) is 17.6 Å². The van der Waals surface area contributed by atoms with Crippen molar-refractivity contribution < 1.29 is 22.3 Å². The number of nitrogens with two attached hydrogens (primary N) is 1. The number of methoxy groups -OCH3 is 1. The number of ether oxygens (including phenoxy) is 1. The second kappa shape index (κ2) is 7.79. The molecule has 26 heavy (non-hydrogen) atoms. The molecule has 6 nitrogen and oxygen atoms in total. The topological polar surface area (TPSA) is 89.7 Å². The molecule has 9 heteroatoms. The summed E-state index contributed by atoms with van der Waals surface area (Å²) in [7, 11) is -2.58. The lowest BCUT2D eigenvalue weighted by atomic mass is 10.1. The van der Waals surface area contributed by atoms with Gasteiger partial charge in [0.1, 0.15) is 16.6 Å². The van der Waals surface area contributed by atoms with Crippen molar-refractivity contribution in [3.63, 3.8) is 0 Å². The number of anilines is 1. The second-order valence-electron chi connectivity index (χ2n) is 5.14. The Balaban J connectivity index is 2.65. The number of halogens is 1. The van der Waals surface area contributed by atoms with Crippen LogP contribution in [-0.4, -0.2) is 32.2 Å². The van der Waals surface area contributed by atoms with Crippen LogP contribution in [0.15, 0.2) is 36.4 Å². The van der Waals surface area contributed by atoms with Gasteiger partial charge in [0.2, 0.25) is 10.0 Å². The van der Waals surface area contributed by atoms with E-state index < -0.39 is 21.7 Å². The lowest BCUT2D eigenvalue weighted by Crippen LogP contribution is -2.39. The molecule has 2 rings (SSSR count). The van der Waals surface area contributed by atoms with Crippen LogP contribution in [0, 0.1) is 11.9 Å². The molecule has 0 spiro atoms. The second-order valence-corrected chi connectivity index (χ2v) is 7.69. The molecule has 0 aliphatic heterocycles. The average molecular weight is 395 g/mol. The Hall–Kier alpha value is -2.52. The molecular weight excluding hydrogens is 379 g/mol. The van der Waals surface area contributed by atoms with Gasteiger partial charge in [0, 0.05) is 17.2 Å². The molecule has 0 fully saturated rings. The van der Waals surface area contributed by atoms with Crippen molar-refractivity contribution in [2.75, 3.05) is 17.2 Å². The van der Waals surface area contributed by atoms with Crippen LogP contribution >= 0.6 is 12.2 Å². The van der Waals surface area contributed by atoms with Crippen LogP contribution in [0.3, 0.4) is 0 Å². The lowest BCUT2D eigenvalue weighted by molar-refractivity contribution is 0.101. The molecule has 1 radical (unpaired) electrons. The molecule has 137 valence electrons. The van der Waals surface area contributed by atoms with E-state index >= 15 is 0 Å². The fourth-order valence-electron chi connectivity index (χ4n) is 2.19. The highest BCUT2D eigenvalue weighted by molar-refractivity contribution is 7.93. The quantitative estimate of drug-likeness (QED) is 0.755. The molecule has 0 bridgehead atoms. The van der Waals surface area contributed by atoms with E-state index in [2.05, 4.69) is 6.07 Å². The van der Waals surface area contributed by atoms with E-state index in [1.54, 1.807) is 0 Å². The predicted octanol–water partition coefficient (Wildman–Crippen LogP) is 2.27. The maximum absolute atomic E-state index is 13.5. The number of carbonyl (C=O) groups is 1. The standard InChI is InChI=1S/C17H16FN2O4S2/c1-3-26(22,23)20(15-9-6-12(18)10-14(15)16(19)25)17(21)11-4-7-13(24-2)8-5-11/h4-5,7-10H,3H2,1-2H3,(H2,19,25). The summed E-state index contributed by atoms with van der Waals surface area (Å²) >= 11 is 4.87. The molecule has 0 saturated carbocycles. The lowest BCUT2D eigenvalue weighted by Gasteiger charge is -2.24. The molecule has 2 N–H and O–H groups in total. The van der Waals surface area contributed by atoms with Crippen molar-refractivity contribution >= 4 is 38.8 Å². The Morgan fingerprint density at radius 1 is 1.35 bits per heavy atom. The number of sulfonamides is 1. The number of nitrogens with zero attached hydrogens (tertiary/aromatic N) is 1. The highest BCUT2D eigenvalue weighted by atomic mass is 32.2. The average Bonchev–Trinajstić information content (AvgIpc) is 2.62. The molecule has 0 heterocycles. The summed E-state index contributed by atoms with van der Waals surface area (Å²) in [5.41, 5.74) is 5.46. The van der Waals surface area contributed by atoms with E-state index in [1.165, 1.54) is 38.3 Å². The predicted molar refractivity (Wildman–Crippen MR) is 100 cm³/mol. The number of benzene rings is 2. The summed E-state index contributed by atoms with van der Waals surface area (Å²) in [6.07, 6.45) is 0. The van der Waals surface area contributed by atoms with Gasteiger partial charge < -0.3 is 10.5 Å². The van der Waals surface area contributed by atoms with Crippen molar-refractivity contribution in [1.82, 2.24) is 0 Å². The Bertz CT molecular complexity index is 944. The van der Waals surface area contributed by atoms with Crippen molar-refractivity contribution in [3.8, 4) is 5.75 Å². The first kappa shape index (κ1) is 19.8. The van der Waals surface area contributed by atoms with E-state index in [1.807, 2.05) is 0 Å². The molecule has 0 unspecified atom stereocenters. The normalized spacial score (nSPS) is 11.0. The Kier molecular flexibility index (Phi) is 5.94. The van der Waals surface area contributed by atoms with E-state index in [-0.39, 0.29) is 27.6 Å². The molecule has 0 aliphatic rings. The molecule has 0 aliphatic carbocycles. The van der Waals surface area contributed by atoms with Gasteiger partial charge in [-0.15, -0.1) is 0 Å². The number of carbonyl (C=O) groups excluding carboxylic acids is 1. The fraction of sp³-hybridized carbons (Fsp3) is 0.176. The first-order valence-electron chi connectivity index (χ1n) is 7.43. The van der Waals surface area contributed by atoms with Gasteiger partial charge in [-0.1, -0.05) is 12.2 Å². The van der Waals surface area contributed by atoms with Crippen LogP contribution in [0.2, 0.25) is 0 Å². The van der Waals surface area contributed by atoms with Crippen molar-refractivity contribution in [2.24, 2.45) is 5.73 Å². The monoisotopic (exact) mass is 395 g/mol. The van der Waals surface area contributed by atoms with Crippen LogP contribution in [0.5, 0.6) is 5.75 Å². The fourth-order valence-corrected chi connectivity index (χ4v) is 3.42. The number of amides is 1. The van der Waals surface area contributed by atoms with Gasteiger partial charge in [-0.3, -0.25) is 4.79 Å². The first-order valence-corrected chi connectivity index (χ1v) is 9.45. The summed E-state index contributed by atoms with van der Waals surface area (Å²) in [5, 5.41) is 0. The van der Waals surface area contributed by atoms with Gasteiger partial charge in [0.15, 0.2) is 0 Å². The van der Waals surface area contributed by atoms with Crippen LogP contribution < -0.4 is 14.8 Å². The van der Waals surface area contributed by atoms with Gasteiger partial charge in [0.25, 0.3) is 5.91 Å². The third-order valence-electron chi connectivity index (χ3n) is 3.54. The molecule has 0 saturated heterocycles. The zero-order chi connectivity index (χ0) is 19.5. The molecule has 2 aromatic carbocycles. The van der Waals surface area contributed by atoms with Crippen molar-refractivity contribution in [1.29, 1.82) is 0 Å². The maximum Gasteiger partial charge on any atom is 0.272 e. The van der Waals surface area contributed by atoms with Crippen molar-refractivity contribution in [2.45, 2.75) is 6.92 Å². The maximum atomic E-state index is 13.5. The van der Waals surface area contributed by atoms with E-state index in [0.717, 1.165) is 12.1 Å². The summed E-state index contributed by atoms with van der Waals surface area (Å²) in [4.78, 5) is 12.7. The highest BCUT2D eigenvalue weighted by Crippen LogP contribution is 2.27. The third kappa shape index (κ3) is 4.00. The minimum atomic E-state index is -4.05. The number of rotatable bonds is 6. The van der Waals surface area contributed by atoms with Crippen LogP contribution in [-0.2, 0) is 10.0 Å². The molecule has 2 aromatic rings. The third-order valence-corrected chi connectivity index (χ3v) is 5.41. The van der Waals surface area contributed by atoms with Gasteiger partial charge >= 0.3 is 0 Å². The van der Waals surface area contributed by atoms with E-state index in [0.29, 0.717) is 10.1 Å². The van der Waals surface area contributed by atoms with Crippen LogP contribution in [0.25, 0.3) is 0 Å². The zero-order valence-corrected chi connectivity index (χ0v) is 15.7. The van der Waals surface area contributed by atoms with Gasteiger partial charge in [-0.05, 0) is 43.3 Å². The Labute approximate surface area is 156 Å². The van der Waals surface area contributed by atoms with E-state index in [4.69, 9.17) is 22.7 Å². The van der Waals surface area contributed by atoms with Gasteiger partial charge in [-0.25, -0.2) is 17.1 Å². The summed E-state index contributed by atoms with van der Waals surface area (Å²) in [6.45, 7) is 1.39. The van der Waals surface area contributed by atoms with Gasteiger partial charge in [0.05, 0.1) is 18.6 Å². The number of hydrogen-bond donors (Lipinski definition) is 1. The first-order chi connectivity index (χ1) is 12.2. The summed E-state index contributed by atoms with van der Waals surface area (Å²) in [6, 6.07) is 10.1. The Morgan fingerprint density at radius 3 is 2.46 bits per heavy atom. The number of hydrogen-bond acceptors (Lipinski definition) is 5. The zero-order valence-electron chi connectivity index (χ0n) is 14.0. The van der Waals surface area contributed by atoms with Crippen molar-refractivity contribution in [3.05, 3.63) is 59.4 Å². The van der Waals surface area contributed by atoms with Gasteiger partial charge in [-0.2, -0.15) is 0 Å². The minimum absolute atomic E-state index is 0.0739. The molecule has 1 amide bonds. The van der Waals surface area contributed by atoms with Crippen LogP contribution in [0.1, 0.15) is 22.8 Å². The molecular formula is C17H16FN2O4S2. The minimum Gasteiger partial charge on any atom is -0.497 e. The highest BCUT2D eigenvalue weighted by Gasteiger charge is 2.31. The van der Waals surface area contributed by atoms with Crippen LogP contribution in [0.4, 0.5) is 10.1 Å². The largest absolute Gasteiger partial charge is 0.497 e. The molecule has 0 aromatic heterocycles. The Morgan fingerprint density at radius 2 is 1.96 bits per heavy atom. The summed E-state index contributed by atoms with van der Waals surface area (Å²) < 4.78 is 44.3. The SMILES string of the molecule is CCS(=O)(=O)N(C(=O)c1ccc(OC)cc1)c1c[c]c(F)cc1C(N)=S. The smallest absolute Gasteiger partial charge is 0.272 e. The molecule has 0 atom stereocenters. The number of thiocarbonyl (C=S) groups is 1. The summed E-state index contributed by atoms with van der Waals surface area (Å²) in [5.74, 6) is -1.46.